The third-order valence-corrected chi connectivity index (χ3v) is 14.1. The van der Waals surface area contributed by atoms with Crippen molar-refractivity contribution in [3.05, 3.63) is 119 Å². The van der Waals surface area contributed by atoms with E-state index in [1.165, 1.54) is 18.1 Å². The quantitative estimate of drug-likeness (QED) is 0.162. The van der Waals surface area contributed by atoms with Gasteiger partial charge in [0, 0.05) is 65.8 Å². The standard InChI is InChI=1S/C25H25N3O6S.C22H20N4O4/c1-35(31,32)10-4-9-27-13-22(29)28-19(25(27)30)12-17-16-5-2-3-6-18(16)26-23(17)24(28)15-7-8-20-21(11-15)34-14-33-20;1-11-29-17-7-6-12(8-18(17)30-11)21-20-14(13-4-2-3-5-15(13)24-20)9-16-22(28)25(23)10-19(27)26(16)21/h2-3,5-8,11,19,24,26H,4,9-10,12-14H2,1H3;2-8,11,16,21,24H,9-10,23H2,1H3/t19-,24-;11?,16?,21-/m11/s1/i;11D. The van der Waals surface area contributed by atoms with Gasteiger partial charge in [-0.05, 0) is 65.1 Å². The summed E-state index contributed by atoms with van der Waals surface area (Å²) in [6.45, 7) is 1.65. The maximum Gasteiger partial charge on any atom is 0.260 e. The number of ether oxygens (including phenoxy) is 4. The minimum absolute atomic E-state index is 0.0221. The number of nitrogens with two attached hydrogens (primary N) is 1. The molecule has 65 heavy (non-hydrogen) atoms. The van der Waals surface area contributed by atoms with Gasteiger partial charge < -0.3 is 43.6 Å². The second-order valence-electron chi connectivity index (χ2n) is 17.2. The van der Waals surface area contributed by atoms with E-state index in [1.54, 1.807) is 21.9 Å². The average Bonchev–Trinajstić information content (AvgIpc) is 4.07. The predicted octanol–water partition coefficient (Wildman–Crippen LogP) is 3.86. The van der Waals surface area contributed by atoms with Gasteiger partial charge in [0.25, 0.3) is 5.91 Å². The molecule has 4 N–H and O–H groups in total. The smallest absolute Gasteiger partial charge is 0.260 e. The first-order valence-corrected chi connectivity index (χ1v) is 23.4. The zero-order valence-corrected chi connectivity index (χ0v) is 36.2. The van der Waals surface area contributed by atoms with Gasteiger partial charge in [-0.1, -0.05) is 48.5 Å². The molecule has 2 unspecified atom stereocenters. The van der Waals surface area contributed by atoms with Crippen molar-refractivity contribution in [2.24, 2.45) is 5.84 Å². The first-order valence-electron chi connectivity index (χ1n) is 21.9. The molecule has 2 fully saturated rings. The van der Waals surface area contributed by atoms with Crippen LogP contribution in [-0.2, 0) is 41.9 Å². The summed E-state index contributed by atoms with van der Waals surface area (Å²) in [7, 11) is -3.15. The lowest BCUT2D eigenvalue weighted by Crippen LogP contribution is -2.64. The number of sulfone groups is 1. The van der Waals surface area contributed by atoms with Crippen molar-refractivity contribution >= 4 is 55.3 Å². The maximum atomic E-state index is 13.6. The number of piperazine rings is 2. The number of rotatable bonds is 6. The Morgan fingerprint density at radius 3 is 1.88 bits per heavy atom. The highest BCUT2D eigenvalue weighted by molar-refractivity contribution is 7.90. The van der Waals surface area contributed by atoms with Gasteiger partial charge in [0.05, 0.1) is 24.4 Å². The summed E-state index contributed by atoms with van der Waals surface area (Å²) in [5.41, 5.74) is 7.28. The number of para-hydroxylation sites is 2. The lowest BCUT2D eigenvalue weighted by Gasteiger charge is -2.47. The van der Waals surface area contributed by atoms with Crippen LogP contribution in [0, 0.1) is 0 Å². The molecule has 0 saturated carbocycles. The minimum atomic E-state index is -3.15. The highest BCUT2D eigenvalue weighted by Crippen LogP contribution is 2.47. The number of nitrogens with zero attached hydrogens (tertiary/aromatic N) is 4. The Bertz CT molecular complexity index is 3150. The number of hydrogen-bond donors (Lipinski definition) is 3. The number of benzene rings is 4. The Labute approximate surface area is 374 Å². The van der Waals surface area contributed by atoms with Crippen molar-refractivity contribution < 1.29 is 47.9 Å². The topological polar surface area (TPSA) is 210 Å². The first-order chi connectivity index (χ1) is 31.6. The van der Waals surface area contributed by atoms with Gasteiger partial charge in [0.15, 0.2) is 23.0 Å². The molecule has 17 nitrogen and oxygen atoms in total. The third-order valence-electron chi connectivity index (χ3n) is 13.1. The lowest BCUT2D eigenvalue weighted by atomic mass is 9.86. The molecular formula is C47H45N7O10S. The van der Waals surface area contributed by atoms with E-state index < -0.39 is 40.3 Å². The maximum absolute atomic E-state index is 13.6. The van der Waals surface area contributed by atoms with Crippen molar-refractivity contribution in [1.82, 2.24) is 29.7 Å². The molecule has 0 radical (unpaired) electrons. The molecule has 4 aromatic carbocycles. The fourth-order valence-electron chi connectivity index (χ4n) is 10.3. The lowest BCUT2D eigenvalue weighted by molar-refractivity contribution is -0.158. The number of carbonyl (C=O) groups excluding carboxylic acids is 4. The first kappa shape index (κ1) is 39.5. The van der Waals surface area contributed by atoms with Crippen LogP contribution in [0.1, 0.15) is 60.4 Å². The molecule has 0 aliphatic carbocycles. The van der Waals surface area contributed by atoms with E-state index in [9.17, 15) is 27.6 Å². The molecule has 334 valence electrons. The number of hydrogen-bond acceptors (Lipinski definition) is 11. The minimum Gasteiger partial charge on any atom is -0.454 e. The summed E-state index contributed by atoms with van der Waals surface area (Å²) in [5.74, 6) is 7.17. The van der Waals surface area contributed by atoms with E-state index in [1.807, 2.05) is 72.8 Å². The Balaban J connectivity index is 0.000000147. The number of hydrazine groups is 1. The second-order valence-corrected chi connectivity index (χ2v) is 19.5. The molecule has 2 aromatic heterocycles. The van der Waals surface area contributed by atoms with Crippen molar-refractivity contribution in [3.8, 4) is 23.0 Å². The Morgan fingerprint density at radius 1 is 0.708 bits per heavy atom. The summed E-state index contributed by atoms with van der Waals surface area (Å²) in [4.78, 5) is 65.0. The summed E-state index contributed by atoms with van der Waals surface area (Å²) < 4.78 is 53.3. The molecule has 6 aliphatic rings. The number of amides is 4. The van der Waals surface area contributed by atoms with Crippen LogP contribution < -0.4 is 24.8 Å². The van der Waals surface area contributed by atoms with Crippen LogP contribution in [0.4, 0.5) is 0 Å². The second kappa shape index (κ2) is 15.3. The fraction of sp³-hybridized carbons (Fsp3) is 0.319. The van der Waals surface area contributed by atoms with Crippen LogP contribution in [0.2, 0.25) is 0 Å². The molecule has 5 atom stereocenters. The molecule has 0 spiro atoms. The molecule has 0 bridgehead atoms. The van der Waals surface area contributed by atoms with E-state index in [-0.39, 0.29) is 55.8 Å². The average molecular weight is 901 g/mol. The van der Waals surface area contributed by atoms with Crippen molar-refractivity contribution in [2.75, 3.05) is 38.4 Å². The number of nitrogens with one attached hydrogen (secondary N) is 2. The van der Waals surface area contributed by atoms with Gasteiger partial charge >= 0.3 is 0 Å². The van der Waals surface area contributed by atoms with Crippen molar-refractivity contribution in [1.29, 1.82) is 0 Å². The third kappa shape index (κ3) is 6.89. The highest BCUT2D eigenvalue weighted by atomic mass is 32.2. The number of fused-ring (bicyclic) bond motifs is 10. The molecule has 2 saturated heterocycles. The molecule has 18 heteroatoms. The Morgan fingerprint density at radius 2 is 1.25 bits per heavy atom. The summed E-state index contributed by atoms with van der Waals surface area (Å²) in [5, 5.41) is 3.06. The normalized spacial score (nSPS) is 24.4. The molecule has 12 rings (SSSR count). The van der Waals surface area contributed by atoms with Crippen molar-refractivity contribution in [3.63, 3.8) is 0 Å². The van der Waals surface area contributed by atoms with Gasteiger partial charge in [-0.2, -0.15) is 0 Å². The van der Waals surface area contributed by atoms with E-state index in [2.05, 4.69) is 9.97 Å². The molecule has 4 amide bonds. The number of carbonyl (C=O) groups is 4. The van der Waals surface area contributed by atoms with Crippen LogP contribution in [0.15, 0.2) is 84.9 Å². The van der Waals surface area contributed by atoms with Crippen LogP contribution in [-0.4, -0.2) is 119 Å². The summed E-state index contributed by atoms with van der Waals surface area (Å²) >= 11 is 0. The number of aromatic amines is 2. The van der Waals surface area contributed by atoms with Gasteiger partial charge in [-0.3, -0.25) is 24.2 Å². The van der Waals surface area contributed by atoms with Gasteiger partial charge in [-0.25, -0.2) is 14.3 Å². The zero-order valence-electron chi connectivity index (χ0n) is 36.4. The monoisotopic (exact) mass is 900 g/mol. The van der Waals surface area contributed by atoms with E-state index in [4.69, 9.17) is 26.2 Å². The SMILES string of the molecule is CS(=O)(=O)CCCN1CC(=O)N2[C@H](c3ccc4c(c3)OCO4)c3[nH]c4ccccc4c3C[C@@H]2C1=O.[2H]C1(C)Oc2ccc([C@@H]3c4[nH]c5ccccc5c4CC4C(=O)N(N)CC(=O)N43)cc2O1. The van der Waals surface area contributed by atoms with Crippen molar-refractivity contribution in [2.45, 2.75) is 56.6 Å². The molecule has 6 aliphatic heterocycles. The van der Waals surface area contributed by atoms with Crippen LogP contribution in [0.25, 0.3) is 21.8 Å². The summed E-state index contributed by atoms with van der Waals surface area (Å²) in [6, 6.07) is 24.4. The molecule has 6 aromatic rings. The largest absolute Gasteiger partial charge is 0.454 e. The molecule has 8 heterocycles. The van der Waals surface area contributed by atoms with Gasteiger partial charge in [0.2, 0.25) is 30.8 Å². The fourth-order valence-corrected chi connectivity index (χ4v) is 10.9. The van der Waals surface area contributed by atoms with Crippen LogP contribution in [0.3, 0.4) is 0 Å². The van der Waals surface area contributed by atoms with E-state index >= 15 is 0 Å². The highest BCUT2D eigenvalue weighted by Gasteiger charge is 2.50. The zero-order chi connectivity index (χ0) is 45.8. The van der Waals surface area contributed by atoms with Gasteiger partial charge in [-0.15, -0.1) is 0 Å². The van der Waals surface area contributed by atoms with E-state index in [0.717, 1.165) is 60.5 Å². The predicted molar refractivity (Wildman–Crippen MR) is 235 cm³/mol. The number of aromatic nitrogens is 2. The van der Waals surface area contributed by atoms with Crippen LogP contribution in [0.5, 0.6) is 23.0 Å². The number of H-pyrrole nitrogens is 2. The Hall–Kier alpha value is -7.05. The van der Waals surface area contributed by atoms with E-state index in [0.29, 0.717) is 42.3 Å². The molecular weight excluding hydrogens is 855 g/mol. The summed E-state index contributed by atoms with van der Waals surface area (Å²) in [6.07, 6.45) is 0.762. The Kier molecular flexibility index (Phi) is 9.30. The van der Waals surface area contributed by atoms with Gasteiger partial charge in [0.1, 0.15) is 29.8 Å². The van der Waals surface area contributed by atoms with Crippen LogP contribution >= 0.6 is 0 Å².